The lowest BCUT2D eigenvalue weighted by Crippen LogP contribution is -2.57. The first-order chi connectivity index (χ1) is 26.5. The average molecular weight is 819 g/mol. The van der Waals surface area contributed by atoms with Crippen LogP contribution in [0.5, 0.6) is 5.75 Å². The molecule has 1 aliphatic heterocycles. The summed E-state index contributed by atoms with van der Waals surface area (Å²) in [5, 5.41) is 8.22. The van der Waals surface area contributed by atoms with Gasteiger partial charge in [-0.15, -0.1) is 11.3 Å². The number of hydrogen-bond acceptors (Lipinski definition) is 8. The van der Waals surface area contributed by atoms with Crippen LogP contribution in [0.25, 0.3) is 31.3 Å². The lowest BCUT2D eigenvalue weighted by molar-refractivity contribution is -0.140. The molecule has 1 aliphatic rings. The summed E-state index contributed by atoms with van der Waals surface area (Å²) < 4.78 is 47.2. The lowest BCUT2D eigenvalue weighted by atomic mass is 9.85. The normalized spacial score (nSPS) is 16.9. The number of fused-ring (bicyclic) bond motifs is 2. The predicted molar refractivity (Wildman–Crippen MR) is 213 cm³/mol. The first kappa shape index (κ1) is 39.2. The molecule has 7 rings (SSSR count). The van der Waals surface area contributed by atoms with Crippen molar-refractivity contribution in [2.24, 2.45) is 5.41 Å². The van der Waals surface area contributed by atoms with Gasteiger partial charge in [0, 0.05) is 22.9 Å². The van der Waals surface area contributed by atoms with Crippen molar-refractivity contribution < 1.29 is 42.3 Å². The Labute approximate surface area is 328 Å². The van der Waals surface area contributed by atoms with Crippen molar-refractivity contribution >= 4 is 74.0 Å². The molecule has 290 valence electrons. The zero-order valence-electron chi connectivity index (χ0n) is 30.3. The summed E-state index contributed by atoms with van der Waals surface area (Å²) in [5.74, 6) is -1.09. The molecule has 0 aliphatic carbocycles. The van der Waals surface area contributed by atoms with Gasteiger partial charge in [-0.1, -0.05) is 98.8 Å². The molecule has 56 heavy (non-hydrogen) atoms. The second-order valence-electron chi connectivity index (χ2n) is 14.6. The molecule has 16 heteroatoms. The van der Waals surface area contributed by atoms with Gasteiger partial charge in [0.1, 0.15) is 23.9 Å². The van der Waals surface area contributed by atoms with Gasteiger partial charge in [0.25, 0.3) is 5.91 Å². The molecule has 3 heterocycles. The number of carbonyl (C=O) groups is 3. The summed E-state index contributed by atoms with van der Waals surface area (Å²) in [6.07, 6.45) is 1.25. The number of likely N-dealkylation sites (tertiary alicyclic amines) is 1. The average Bonchev–Trinajstić information content (AvgIpc) is 3.91. The molecule has 11 nitrogen and oxygen atoms in total. The van der Waals surface area contributed by atoms with Crippen molar-refractivity contribution in [2.75, 3.05) is 11.9 Å². The van der Waals surface area contributed by atoms with Gasteiger partial charge in [-0.2, -0.15) is 8.78 Å². The Morgan fingerprint density at radius 3 is 2.34 bits per heavy atom. The van der Waals surface area contributed by atoms with E-state index >= 15 is 0 Å². The molecule has 0 unspecified atom stereocenters. The highest BCUT2D eigenvalue weighted by Gasteiger charge is 2.50. The summed E-state index contributed by atoms with van der Waals surface area (Å²) >= 11 is 2.27. The van der Waals surface area contributed by atoms with Crippen molar-refractivity contribution in [1.82, 2.24) is 15.2 Å². The predicted octanol–water partition coefficient (Wildman–Crippen LogP) is 8.24. The Hall–Kier alpha value is -5.05. The van der Waals surface area contributed by atoms with Gasteiger partial charge in [0.2, 0.25) is 11.8 Å². The minimum absolute atomic E-state index is 0.0405. The number of carbonyl (C=O) groups excluding carboxylic acids is 3. The molecule has 6 aromatic rings. The quantitative estimate of drug-likeness (QED) is 0.101. The van der Waals surface area contributed by atoms with Gasteiger partial charge in [0.15, 0.2) is 5.13 Å². The number of thiazole rings is 1. The number of halogens is 2. The van der Waals surface area contributed by atoms with Gasteiger partial charge in [-0.3, -0.25) is 18.9 Å². The van der Waals surface area contributed by atoms with Crippen LogP contribution in [0.15, 0.2) is 103 Å². The molecule has 4 aromatic carbocycles. The minimum Gasteiger partial charge on any atom is -0.488 e. The van der Waals surface area contributed by atoms with E-state index in [0.29, 0.717) is 15.6 Å². The van der Waals surface area contributed by atoms with E-state index in [4.69, 9.17) is 4.74 Å². The van der Waals surface area contributed by atoms with Gasteiger partial charge in [-0.25, -0.2) is 4.98 Å². The molecule has 0 spiro atoms. The smallest absolute Gasteiger partial charge is 0.399 e. The third-order valence-electron chi connectivity index (χ3n) is 9.51. The van der Waals surface area contributed by atoms with Crippen LogP contribution in [0.3, 0.4) is 0 Å². The summed E-state index contributed by atoms with van der Waals surface area (Å²) in [6.45, 7) is 5.35. The molecule has 0 saturated carbocycles. The zero-order chi connectivity index (χ0) is 40.0. The summed E-state index contributed by atoms with van der Waals surface area (Å²) in [7, 11) is -5.81. The molecule has 4 N–H and O–H groups in total. The van der Waals surface area contributed by atoms with Crippen molar-refractivity contribution in [3.63, 3.8) is 0 Å². The number of anilines is 1. The number of rotatable bonds is 10. The Bertz CT molecular complexity index is 2500. The minimum atomic E-state index is -5.81. The van der Waals surface area contributed by atoms with Crippen LogP contribution in [-0.4, -0.2) is 62.1 Å². The Morgan fingerprint density at radius 2 is 1.62 bits per heavy atom. The molecule has 3 amide bonds. The van der Waals surface area contributed by atoms with Crippen LogP contribution < -0.4 is 15.4 Å². The van der Waals surface area contributed by atoms with Crippen molar-refractivity contribution in [1.29, 1.82) is 0 Å². The number of hydrogen-bond donors (Lipinski definition) is 4. The summed E-state index contributed by atoms with van der Waals surface area (Å²) in [6, 6.07) is 25.4. The molecule has 1 fully saturated rings. The van der Waals surface area contributed by atoms with Crippen molar-refractivity contribution in [2.45, 2.75) is 51.0 Å². The fourth-order valence-electron chi connectivity index (χ4n) is 6.59. The summed E-state index contributed by atoms with van der Waals surface area (Å²) in [4.78, 5) is 67.6. The lowest BCUT2D eigenvalue weighted by Gasteiger charge is -2.35. The van der Waals surface area contributed by atoms with E-state index in [2.05, 4.69) is 15.6 Å². The SMILES string of the molecule is CC(C)(C)[C@H](NC(=O)c1cc2cc(C(F)(F)P(=O)(O)O)ccc2s1)C(=O)N1C[C@H](Oc2ccc3ccccc3c2)C[C@H]1C(=O)Nc1ncc(-c2ccccc2)s1. The largest absolute Gasteiger partial charge is 0.488 e. The number of ether oxygens (including phenoxy) is 1. The first-order valence-corrected chi connectivity index (χ1v) is 20.8. The number of aromatic nitrogens is 1. The van der Waals surface area contributed by atoms with Gasteiger partial charge in [-0.05, 0) is 57.5 Å². The highest BCUT2D eigenvalue weighted by molar-refractivity contribution is 7.52. The second-order valence-corrected chi connectivity index (χ2v) is 18.4. The van der Waals surface area contributed by atoms with E-state index in [1.807, 2.05) is 72.8 Å². The second kappa shape index (κ2) is 15.1. The van der Waals surface area contributed by atoms with E-state index < -0.39 is 60.1 Å². The van der Waals surface area contributed by atoms with Gasteiger partial charge < -0.3 is 30.1 Å². The number of nitrogens with one attached hydrogen (secondary N) is 2. The standard InChI is InChI=1S/C40H37F2N4O7PS2/c1-39(2,3)34(44-36(48)32-19-26-17-27(14-16-31(26)55-32)40(41,42)54(50,51)52)37(49)46-22-29(53-28-15-13-23-9-7-8-12-25(23)18-28)20-30(46)35(47)45-38-43-21-33(56-38)24-10-5-4-6-11-24/h4-19,21,29-30,34H,20,22H2,1-3H3,(H,44,48)(H,43,45,47)(H2,50,51,52)/t29-,30+,34-/m1/s1. The Morgan fingerprint density at radius 1 is 0.911 bits per heavy atom. The van der Waals surface area contributed by atoms with Crippen LogP contribution in [0.1, 0.15) is 42.4 Å². The van der Waals surface area contributed by atoms with Crippen molar-refractivity contribution in [3.05, 3.63) is 114 Å². The molecule has 0 radical (unpaired) electrons. The maximum absolute atomic E-state index is 14.6. The molecule has 2 aromatic heterocycles. The molecule has 0 bridgehead atoms. The van der Waals surface area contributed by atoms with Gasteiger partial charge >= 0.3 is 13.3 Å². The third kappa shape index (κ3) is 8.09. The fourth-order valence-corrected chi connectivity index (χ4v) is 8.84. The van der Waals surface area contributed by atoms with E-state index in [1.54, 1.807) is 27.0 Å². The first-order valence-electron chi connectivity index (χ1n) is 17.5. The van der Waals surface area contributed by atoms with Crippen LogP contribution in [0.4, 0.5) is 13.9 Å². The number of amides is 3. The highest BCUT2D eigenvalue weighted by Crippen LogP contribution is 2.59. The van der Waals surface area contributed by atoms with E-state index in [-0.39, 0.29) is 23.2 Å². The zero-order valence-corrected chi connectivity index (χ0v) is 32.8. The van der Waals surface area contributed by atoms with Crippen LogP contribution in [0, 0.1) is 5.41 Å². The fraction of sp³-hybridized carbons (Fsp3) is 0.250. The van der Waals surface area contributed by atoms with Crippen LogP contribution in [0.2, 0.25) is 0 Å². The number of benzene rings is 4. The van der Waals surface area contributed by atoms with E-state index in [9.17, 15) is 37.5 Å². The molecular formula is C40H37F2N4O7PS2. The molecular weight excluding hydrogens is 782 g/mol. The van der Waals surface area contributed by atoms with Crippen molar-refractivity contribution in [3.8, 4) is 16.2 Å². The number of thiophene rings is 1. The molecule has 1 saturated heterocycles. The van der Waals surface area contributed by atoms with Crippen LogP contribution >= 0.6 is 30.3 Å². The van der Waals surface area contributed by atoms with E-state index in [1.165, 1.54) is 28.4 Å². The monoisotopic (exact) mass is 818 g/mol. The maximum Gasteiger partial charge on any atom is 0.399 e. The summed E-state index contributed by atoms with van der Waals surface area (Å²) in [5.41, 5.74) is -5.24. The van der Waals surface area contributed by atoms with E-state index in [0.717, 1.165) is 44.7 Å². The number of nitrogens with zero attached hydrogens (tertiary/aromatic N) is 2. The highest BCUT2D eigenvalue weighted by atomic mass is 32.1. The Kier molecular flexibility index (Phi) is 10.6. The molecule has 3 atom stereocenters. The Balaban J connectivity index is 1.15. The topological polar surface area (TPSA) is 158 Å². The third-order valence-corrected chi connectivity index (χ3v) is 12.6. The number of alkyl halides is 2. The van der Waals surface area contributed by atoms with Gasteiger partial charge in [0.05, 0.1) is 16.3 Å². The van der Waals surface area contributed by atoms with Crippen LogP contribution in [-0.2, 0) is 19.8 Å². The maximum atomic E-state index is 14.6.